The van der Waals surface area contributed by atoms with Crippen molar-refractivity contribution in [1.29, 1.82) is 0 Å². The highest BCUT2D eigenvalue weighted by atomic mass is 16.5. The summed E-state index contributed by atoms with van der Waals surface area (Å²) in [6.45, 7) is 4.35. The Bertz CT molecular complexity index is 334. The first-order valence-corrected chi connectivity index (χ1v) is 6.07. The Balaban J connectivity index is 1.84. The molecule has 1 saturated heterocycles. The number of aryl methyl sites for hydroxylation is 1. The first-order valence-electron chi connectivity index (χ1n) is 6.07. The minimum Gasteiger partial charge on any atom is -0.394 e. The second kappa shape index (κ2) is 5.93. The summed E-state index contributed by atoms with van der Waals surface area (Å²) in [5.74, 6) is 0.941. The molecule has 2 heterocycles. The van der Waals surface area contributed by atoms with Crippen molar-refractivity contribution in [2.24, 2.45) is 0 Å². The molecule has 2 rings (SSSR count). The fourth-order valence-corrected chi connectivity index (χ4v) is 2.03. The average Bonchev–Trinajstić information content (AvgIpc) is 2.38. The molecule has 0 unspecified atom stereocenters. The summed E-state index contributed by atoms with van der Waals surface area (Å²) in [7, 11) is 0. The van der Waals surface area contributed by atoms with E-state index < -0.39 is 0 Å². The van der Waals surface area contributed by atoms with Crippen LogP contribution in [0.4, 0.5) is 5.82 Å². The van der Waals surface area contributed by atoms with Crippen LogP contribution in [-0.4, -0.2) is 47.7 Å². The quantitative estimate of drug-likeness (QED) is 0.838. The van der Waals surface area contributed by atoms with Crippen LogP contribution in [0.1, 0.15) is 18.5 Å². The summed E-state index contributed by atoms with van der Waals surface area (Å²) in [5, 5.41) is 17.0. The van der Waals surface area contributed by atoms with E-state index in [1.54, 1.807) is 0 Å². The van der Waals surface area contributed by atoms with Gasteiger partial charge in [0.05, 0.1) is 25.0 Å². The lowest BCUT2D eigenvalue weighted by Crippen LogP contribution is -2.37. The van der Waals surface area contributed by atoms with Crippen molar-refractivity contribution in [3.05, 3.63) is 17.8 Å². The van der Waals surface area contributed by atoms with Gasteiger partial charge in [-0.05, 0) is 31.9 Å². The summed E-state index contributed by atoms with van der Waals surface area (Å²) in [4.78, 5) is 2.23. The largest absolute Gasteiger partial charge is 0.394 e. The lowest BCUT2D eigenvalue weighted by Gasteiger charge is -2.32. The molecule has 0 bridgehead atoms. The highest BCUT2D eigenvalue weighted by Crippen LogP contribution is 2.18. The number of aliphatic hydroxyl groups excluding tert-OH is 1. The van der Waals surface area contributed by atoms with Crippen LogP contribution in [0.2, 0.25) is 0 Å². The van der Waals surface area contributed by atoms with E-state index in [-0.39, 0.29) is 12.7 Å². The molecule has 1 fully saturated rings. The van der Waals surface area contributed by atoms with Gasteiger partial charge in [-0.1, -0.05) is 0 Å². The molecule has 17 heavy (non-hydrogen) atoms. The number of rotatable bonds is 4. The van der Waals surface area contributed by atoms with Crippen molar-refractivity contribution in [3.8, 4) is 0 Å². The van der Waals surface area contributed by atoms with Crippen LogP contribution >= 0.6 is 0 Å². The maximum absolute atomic E-state index is 8.70. The zero-order valence-electron chi connectivity index (χ0n) is 10.2. The van der Waals surface area contributed by atoms with E-state index in [2.05, 4.69) is 15.1 Å². The Morgan fingerprint density at radius 2 is 2.12 bits per heavy atom. The SMILES string of the molecule is Cc1ccc(N2CCC(OCCO)CC2)nn1. The van der Waals surface area contributed by atoms with Gasteiger partial charge in [0.1, 0.15) is 0 Å². The molecule has 1 aromatic heterocycles. The van der Waals surface area contributed by atoms with Gasteiger partial charge in [-0.2, -0.15) is 5.10 Å². The third-order valence-corrected chi connectivity index (χ3v) is 2.99. The fourth-order valence-electron chi connectivity index (χ4n) is 2.03. The molecule has 94 valence electrons. The molecule has 1 aromatic rings. The van der Waals surface area contributed by atoms with Crippen LogP contribution in [0.25, 0.3) is 0 Å². The fraction of sp³-hybridized carbons (Fsp3) is 0.667. The second-order valence-electron chi connectivity index (χ2n) is 4.31. The molecule has 5 heteroatoms. The van der Waals surface area contributed by atoms with Gasteiger partial charge in [-0.25, -0.2) is 0 Å². The summed E-state index contributed by atoms with van der Waals surface area (Å²) in [5.41, 5.74) is 0.940. The molecule has 0 aliphatic carbocycles. The molecule has 1 aliphatic rings. The van der Waals surface area contributed by atoms with Gasteiger partial charge in [0.15, 0.2) is 5.82 Å². The van der Waals surface area contributed by atoms with Crippen LogP contribution < -0.4 is 4.90 Å². The number of anilines is 1. The van der Waals surface area contributed by atoms with E-state index in [4.69, 9.17) is 9.84 Å². The predicted octanol–water partition coefficient (Wildman–Crippen LogP) is 0.763. The highest BCUT2D eigenvalue weighted by molar-refractivity contribution is 5.37. The summed E-state index contributed by atoms with van der Waals surface area (Å²) < 4.78 is 5.52. The van der Waals surface area contributed by atoms with Crippen LogP contribution in [0.3, 0.4) is 0 Å². The Labute approximate surface area is 101 Å². The van der Waals surface area contributed by atoms with Crippen molar-refractivity contribution in [2.45, 2.75) is 25.9 Å². The van der Waals surface area contributed by atoms with Gasteiger partial charge < -0.3 is 14.7 Å². The summed E-state index contributed by atoms with van der Waals surface area (Å²) in [6, 6.07) is 3.99. The predicted molar refractivity (Wildman–Crippen MR) is 65.0 cm³/mol. The standard InChI is InChI=1S/C12H19N3O2/c1-10-2-3-12(14-13-10)15-6-4-11(5-7-15)17-9-8-16/h2-3,11,16H,4-9H2,1H3. The second-order valence-corrected chi connectivity index (χ2v) is 4.31. The molecule has 0 spiro atoms. The molecule has 1 aliphatic heterocycles. The number of aromatic nitrogens is 2. The Hall–Kier alpha value is -1.20. The lowest BCUT2D eigenvalue weighted by atomic mass is 10.1. The van der Waals surface area contributed by atoms with Crippen molar-refractivity contribution < 1.29 is 9.84 Å². The molecular weight excluding hydrogens is 218 g/mol. The van der Waals surface area contributed by atoms with Crippen molar-refractivity contribution in [3.63, 3.8) is 0 Å². The third kappa shape index (κ3) is 3.38. The van der Waals surface area contributed by atoms with Gasteiger partial charge in [0.2, 0.25) is 0 Å². The molecule has 5 nitrogen and oxygen atoms in total. The molecule has 0 atom stereocenters. The number of hydrogen-bond acceptors (Lipinski definition) is 5. The highest BCUT2D eigenvalue weighted by Gasteiger charge is 2.20. The molecule has 0 aromatic carbocycles. The maximum atomic E-state index is 8.70. The summed E-state index contributed by atoms with van der Waals surface area (Å²) in [6.07, 6.45) is 2.24. The molecular formula is C12H19N3O2. The first kappa shape index (κ1) is 12.3. The normalized spacial score (nSPS) is 17.4. The number of nitrogens with zero attached hydrogens (tertiary/aromatic N) is 3. The number of piperidine rings is 1. The van der Waals surface area contributed by atoms with Crippen LogP contribution in [0.15, 0.2) is 12.1 Å². The van der Waals surface area contributed by atoms with Gasteiger partial charge in [-0.3, -0.25) is 0 Å². The van der Waals surface area contributed by atoms with Crippen LogP contribution in [0.5, 0.6) is 0 Å². The zero-order valence-corrected chi connectivity index (χ0v) is 10.2. The average molecular weight is 237 g/mol. The maximum Gasteiger partial charge on any atom is 0.151 e. The van der Waals surface area contributed by atoms with E-state index in [1.807, 2.05) is 19.1 Å². The van der Waals surface area contributed by atoms with Gasteiger partial charge >= 0.3 is 0 Å². The molecule has 0 saturated carbocycles. The molecule has 1 N–H and O–H groups in total. The number of hydrogen-bond donors (Lipinski definition) is 1. The molecule has 0 amide bonds. The van der Waals surface area contributed by atoms with E-state index in [9.17, 15) is 0 Å². The van der Waals surface area contributed by atoms with Gasteiger partial charge in [-0.15, -0.1) is 5.10 Å². The van der Waals surface area contributed by atoms with Crippen molar-refractivity contribution >= 4 is 5.82 Å². The van der Waals surface area contributed by atoms with Crippen LogP contribution in [0, 0.1) is 6.92 Å². The molecule has 0 radical (unpaired) electrons. The Morgan fingerprint density at radius 1 is 1.35 bits per heavy atom. The minimum atomic E-state index is 0.101. The monoisotopic (exact) mass is 237 g/mol. The van der Waals surface area contributed by atoms with Crippen molar-refractivity contribution in [2.75, 3.05) is 31.2 Å². The van der Waals surface area contributed by atoms with E-state index in [0.29, 0.717) is 6.61 Å². The first-order chi connectivity index (χ1) is 8.29. The van der Waals surface area contributed by atoms with Crippen molar-refractivity contribution in [1.82, 2.24) is 10.2 Å². The lowest BCUT2D eigenvalue weighted by molar-refractivity contribution is 0.0158. The van der Waals surface area contributed by atoms with Gasteiger partial charge in [0.25, 0.3) is 0 Å². The third-order valence-electron chi connectivity index (χ3n) is 2.99. The number of aliphatic hydroxyl groups is 1. The van der Waals surface area contributed by atoms with E-state index >= 15 is 0 Å². The van der Waals surface area contributed by atoms with Crippen LogP contribution in [-0.2, 0) is 4.74 Å². The Morgan fingerprint density at radius 3 is 2.71 bits per heavy atom. The number of ether oxygens (including phenoxy) is 1. The van der Waals surface area contributed by atoms with Gasteiger partial charge in [0, 0.05) is 13.1 Å². The zero-order chi connectivity index (χ0) is 12.1. The Kier molecular flexibility index (Phi) is 4.28. The van der Waals surface area contributed by atoms with E-state index in [1.165, 1.54) is 0 Å². The minimum absolute atomic E-state index is 0.101. The van der Waals surface area contributed by atoms with E-state index in [0.717, 1.165) is 37.4 Å². The topological polar surface area (TPSA) is 58.5 Å². The smallest absolute Gasteiger partial charge is 0.151 e. The summed E-state index contributed by atoms with van der Waals surface area (Å²) >= 11 is 0.